The molecule has 0 aliphatic carbocycles. The van der Waals surface area contributed by atoms with E-state index in [9.17, 15) is 38.4 Å². The average molecular weight is 1170 g/mol. The number of carbonyl (C=O) groups excluding carboxylic acids is 8. The van der Waals surface area contributed by atoms with Crippen molar-refractivity contribution in [3.8, 4) is 0 Å². The molecule has 2 aliphatic heterocycles. The topological polar surface area (TPSA) is 267 Å². The van der Waals surface area contributed by atoms with Crippen LogP contribution in [0.25, 0.3) is 0 Å². The molecule has 18 nitrogen and oxygen atoms in total. The van der Waals surface area contributed by atoms with E-state index in [0.717, 1.165) is 11.1 Å². The standard InChI is InChI=1S/C56H80N10O8.4ClH/c1-33(59-9)49(69)63-47(55(3,4)5)53(73)65-31-37(26-43(65)51(71)61-24-22-35-14-18-41(57)19-15-35)28-45(67)39-12-11-13-40(30-39)46(68)29-38-27-44(52(72)62-25-23-36-16-20-42(58)21-17-36)66(32-38)54(74)48(56(6,7)8)64-50(70)34(2)60-10;;;;/h11-21,30,33-34,37-38,43-44,47-48,59-60H,22-29,31-32,57-58H2,1-10H3,(H,61,71)(H,62,72)(H,63,69)(H,64,70);4*1H/t33-,34-,37+,38+,43-,44-,47+,48+;;;;/m0..../s1. The van der Waals surface area contributed by atoms with Crippen molar-refractivity contribution in [1.29, 1.82) is 0 Å². The molecule has 5 rings (SSSR count). The lowest BCUT2D eigenvalue weighted by Gasteiger charge is -2.36. The summed E-state index contributed by atoms with van der Waals surface area (Å²) in [5, 5.41) is 17.6. The van der Waals surface area contributed by atoms with Gasteiger partial charge in [-0.15, -0.1) is 49.6 Å². The minimum Gasteiger partial charge on any atom is -0.399 e. The molecule has 3 aromatic rings. The first kappa shape index (κ1) is 70.5. The zero-order chi connectivity index (χ0) is 54.7. The SMILES string of the molecule is CN[C@@H](C)C(=O)N[C@H](C(=O)N1C[C@@H](CC(=O)c2cccc(C(=O)C[C@H]3C[C@@H](C(=O)NCCc4ccc(N)cc4)N(C(=O)[C@@H](NC(=O)[C@H](C)NC)C(C)(C)C)C3)c2)C[C@H]1C(=O)NCCc1ccc(N)cc1)C(C)(C)C.Cl.Cl.Cl.Cl. The molecule has 2 saturated heterocycles. The summed E-state index contributed by atoms with van der Waals surface area (Å²) in [6.07, 6.45) is 1.41. The van der Waals surface area contributed by atoms with Gasteiger partial charge in [0.25, 0.3) is 0 Å². The summed E-state index contributed by atoms with van der Waals surface area (Å²) in [5.41, 5.74) is 14.0. The van der Waals surface area contributed by atoms with E-state index in [0.29, 0.717) is 37.3 Å². The molecule has 3 aromatic carbocycles. The third-order valence-corrected chi connectivity index (χ3v) is 14.2. The third kappa shape index (κ3) is 19.4. The summed E-state index contributed by atoms with van der Waals surface area (Å²) < 4.78 is 0. The maximum Gasteiger partial charge on any atom is 0.246 e. The Morgan fingerprint density at radius 1 is 0.551 bits per heavy atom. The molecule has 0 unspecified atom stereocenters. The number of ketones is 2. The van der Waals surface area contributed by atoms with Crippen molar-refractivity contribution in [1.82, 2.24) is 41.7 Å². The molecule has 6 amide bonds. The number of halogens is 4. The molecule has 78 heavy (non-hydrogen) atoms. The molecule has 22 heteroatoms. The Morgan fingerprint density at radius 3 is 1.19 bits per heavy atom. The monoisotopic (exact) mass is 1160 g/mol. The number of nitrogens with one attached hydrogen (secondary N) is 6. The number of likely N-dealkylation sites (tertiary alicyclic amines) is 2. The fourth-order valence-corrected chi connectivity index (χ4v) is 9.44. The minimum absolute atomic E-state index is 0. The lowest BCUT2D eigenvalue weighted by molar-refractivity contribution is -0.144. The number of amides is 6. The Labute approximate surface area is 485 Å². The third-order valence-electron chi connectivity index (χ3n) is 14.2. The van der Waals surface area contributed by atoms with Crippen molar-refractivity contribution in [2.45, 2.75) is 130 Å². The highest BCUT2D eigenvalue weighted by atomic mass is 35.5. The summed E-state index contributed by atoms with van der Waals surface area (Å²) in [4.78, 5) is 115. The molecular formula is C56H84Cl4N10O8. The second-order valence-corrected chi connectivity index (χ2v) is 22.3. The van der Waals surface area contributed by atoms with Crippen LogP contribution < -0.4 is 43.4 Å². The molecule has 0 radical (unpaired) electrons. The molecule has 10 N–H and O–H groups in total. The average Bonchev–Trinajstić information content (AvgIpc) is 3.99. The maximum atomic E-state index is 14.5. The Kier molecular flexibility index (Phi) is 28.3. The first-order chi connectivity index (χ1) is 34.8. The molecule has 2 fully saturated rings. The van der Waals surface area contributed by atoms with E-state index in [1.54, 1.807) is 76.5 Å². The zero-order valence-electron chi connectivity index (χ0n) is 46.6. The highest BCUT2D eigenvalue weighted by Gasteiger charge is 2.47. The largest absolute Gasteiger partial charge is 0.399 e. The number of nitrogen functional groups attached to an aromatic ring is 2. The minimum atomic E-state index is -0.976. The van der Waals surface area contributed by atoms with E-state index < -0.39 is 70.7 Å². The van der Waals surface area contributed by atoms with Gasteiger partial charge in [0.1, 0.15) is 24.2 Å². The fourth-order valence-electron chi connectivity index (χ4n) is 9.44. The molecule has 2 aliphatic rings. The van der Waals surface area contributed by atoms with Crippen LogP contribution in [0.5, 0.6) is 0 Å². The molecule has 0 aromatic heterocycles. The summed E-state index contributed by atoms with van der Waals surface area (Å²) >= 11 is 0. The first-order valence-electron chi connectivity index (χ1n) is 25.8. The summed E-state index contributed by atoms with van der Waals surface area (Å²) in [7, 11) is 3.29. The Hall–Kier alpha value is -5.50. The Morgan fingerprint density at radius 2 is 0.885 bits per heavy atom. The van der Waals surface area contributed by atoms with Gasteiger partial charge < -0.3 is 53.2 Å². The van der Waals surface area contributed by atoms with Gasteiger partial charge in [-0.1, -0.05) is 84.0 Å². The van der Waals surface area contributed by atoms with Gasteiger partial charge >= 0.3 is 0 Å². The predicted octanol–water partition coefficient (Wildman–Crippen LogP) is 5.11. The van der Waals surface area contributed by atoms with Gasteiger partial charge in [-0.25, -0.2) is 0 Å². The number of rotatable bonds is 22. The number of Topliss-reactive ketones (excluding diaryl/α,β-unsaturated/α-hetero) is 2. The molecule has 0 spiro atoms. The smallest absolute Gasteiger partial charge is 0.246 e. The number of likely N-dealkylation sites (N-methyl/N-ethyl adjacent to an activating group) is 2. The maximum absolute atomic E-state index is 14.5. The van der Waals surface area contributed by atoms with Crippen molar-refractivity contribution in [3.05, 3.63) is 95.1 Å². The van der Waals surface area contributed by atoms with Crippen LogP contribution in [-0.4, -0.2) is 133 Å². The summed E-state index contributed by atoms with van der Waals surface area (Å²) in [5.74, 6) is -3.74. The van der Waals surface area contributed by atoms with Gasteiger partial charge in [0.05, 0.1) is 12.1 Å². The highest BCUT2D eigenvalue weighted by molar-refractivity contribution is 6.02. The van der Waals surface area contributed by atoms with Gasteiger partial charge in [-0.3, -0.25) is 38.4 Å². The second kappa shape index (κ2) is 31.3. The number of anilines is 2. The van der Waals surface area contributed by atoms with Crippen LogP contribution >= 0.6 is 49.6 Å². The summed E-state index contributed by atoms with van der Waals surface area (Å²) in [6, 6.07) is 16.2. The van der Waals surface area contributed by atoms with E-state index in [-0.39, 0.29) is 135 Å². The zero-order valence-corrected chi connectivity index (χ0v) is 49.8. The van der Waals surface area contributed by atoms with Gasteiger partial charge in [-0.2, -0.15) is 0 Å². The van der Waals surface area contributed by atoms with Crippen LogP contribution in [0.4, 0.5) is 11.4 Å². The number of nitrogens with zero attached hydrogens (tertiary/aromatic N) is 2. The first-order valence-corrected chi connectivity index (χ1v) is 25.8. The van der Waals surface area contributed by atoms with Gasteiger partial charge in [0.2, 0.25) is 35.4 Å². The van der Waals surface area contributed by atoms with Crippen molar-refractivity contribution in [2.24, 2.45) is 22.7 Å². The van der Waals surface area contributed by atoms with E-state index in [1.165, 1.54) is 9.80 Å². The number of hydrogen-bond donors (Lipinski definition) is 8. The Bertz CT molecular complexity index is 2340. The van der Waals surface area contributed by atoms with Crippen LogP contribution in [0.15, 0.2) is 72.8 Å². The molecule has 8 atom stereocenters. The van der Waals surface area contributed by atoms with E-state index in [1.807, 2.05) is 65.8 Å². The highest BCUT2D eigenvalue weighted by Crippen LogP contribution is 2.33. The van der Waals surface area contributed by atoms with Crippen molar-refractivity contribution >= 4 is 108 Å². The normalized spacial score (nSPS) is 18.4. The lowest BCUT2D eigenvalue weighted by atomic mass is 9.85. The van der Waals surface area contributed by atoms with E-state index in [2.05, 4.69) is 31.9 Å². The molecule has 0 saturated carbocycles. The quantitative estimate of drug-likeness (QED) is 0.0482. The van der Waals surface area contributed by atoms with Crippen LogP contribution in [-0.2, 0) is 41.6 Å². The van der Waals surface area contributed by atoms with Crippen LogP contribution in [0, 0.1) is 22.7 Å². The van der Waals surface area contributed by atoms with Crippen molar-refractivity contribution < 1.29 is 38.4 Å². The van der Waals surface area contributed by atoms with Crippen LogP contribution in [0.3, 0.4) is 0 Å². The summed E-state index contributed by atoms with van der Waals surface area (Å²) in [6.45, 7) is 15.2. The molecule has 2 heterocycles. The Balaban J connectivity index is 0.00000760. The lowest BCUT2D eigenvalue weighted by Crippen LogP contribution is -2.59. The number of hydrogen-bond acceptors (Lipinski definition) is 12. The second-order valence-electron chi connectivity index (χ2n) is 22.3. The molecular weight excluding hydrogens is 1080 g/mol. The van der Waals surface area contributed by atoms with E-state index >= 15 is 0 Å². The molecule has 434 valence electrons. The number of carbonyl (C=O) groups is 8. The fraction of sp³-hybridized carbons (Fsp3) is 0.536. The number of benzene rings is 3. The van der Waals surface area contributed by atoms with Crippen LogP contribution in [0.2, 0.25) is 0 Å². The van der Waals surface area contributed by atoms with E-state index in [4.69, 9.17) is 11.5 Å². The number of nitrogens with two attached hydrogens (primary N) is 2. The van der Waals surface area contributed by atoms with Crippen molar-refractivity contribution in [3.63, 3.8) is 0 Å². The van der Waals surface area contributed by atoms with Gasteiger partial charge in [0, 0.05) is 61.5 Å². The predicted molar refractivity (Wildman–Crippen MR) is 315 cm³/mol. The van der Waals surface area contributed by atoms with Crippen LogP contribution in [0.1, 0.15) is 113 Å². The van der Waals surface area contributed by atoms with Gasteiger partial charge in [-0.05, 0) is 118 Å². The molecule has 0 bridgehead atoms. The van der Waals surface area contributed by atoms with Gasteiger partial charge in [0.15, 0.2) is 11.6 Å². The van der Waals surface area contributed by atoms with Crippen molar-refractivity contribution in [2.75, 3.05) is 51.7 Å².